The maximum absolute atomic E-state index is 15.0. The third-order valence-corrected chi connectivity index (χ3v) is 6.83. The molecule has 0 saturated heterocycles. The van der Waals surface area contributed by atoms with Gasteiger partial charge >= 0.3 is 5.97 Å². The van der Waals surface area contributed by atoms with Crippen molar-refractivity contribution in [2.75, 3.05) is 12.5 Å². The van der Waals surface area contributed by atoms with Gasteiger partial charge in [-0.25, -0.2) is 24.4 Å². The number of hydrogen-bond donors (Lipinski definition) is 1. The average molecular weight is 509 g/mol. The molecular weight excluding hydrogens is 483 g/mol. The molecule has 190 valence electrons. The average Bonchev–Trinajstić information content (AvgIpc) is 3.33. The van der Waals surface area contributed by atoms with Gasteiger partial charge < -0.3 is 9.30 Å². The van der Waals surface area contributed by atoms with Crippen LogP contribution in [0.25, 0.3) is 28.1 Å². The Kier molecular flexibility index (Phi) is 6.05. The number of nitrogens with zero attached hydrogens (tertiary/aromatic N) is 5. The van der Waals surface area contributed by atoms with Crippen LogP contribution in [0.1, 0.15) is 16.7 Å². The van der Waals surface area contributed by atoms with Gasteiger partial charge in [0.1, 0.15) is 11.7 Å². The van der Waals surface area contributed by atoms with E-state index in [-0.39, 0.29) is 5.82 Å². The number of rotatable bonds is 5. The van der Waals surface area contributed by atoms with Crippen molar-refractivity contribution in [1.29, 1.82) is 0 Å². The van der Waals surface area contributed by atoms with E-state index in [4.69, 9.17) is 4.74 Å². The summed E-state index contributed by atoms with van der Waals surface area (Å²) in [7, 11) is 1.35. The van der Waals surface area contributed by atoms with Crippen molar-refractivity contribution in [1.82, 2.24) is 24.5 Å². The lowest BCUT2D eigenvalue weighted by Gasteiger charge is -2.35. The highest BCUT2D eigenvalue weighted by Gasteiger charge is 2.33. The van der Waals surface area contributed by atoms with Crippen LogP contribution in [-0.4, -0.2) is 43.6 Å². The lowest BCUT2D eigenvalue weighted by molar-refractivity contribution is -0.147. The van der Waals surface area contributed by atoms with Gasteiger partial charge in [0.25, 0.3) is 0 Å². The Morgan fingerprint density at radius 2 is 1.84 bits per heavy atom. The maximum Gasteiger partial charge on any atom is 0.325 e. The molecule has 0 amide bonds. The van der Waals surface area contributed by atoms with Crippen molar-refractivity contribution < 1.29 is 13.9 Å². The van der Waals surface area contributed by atoms with Gasteiger partial charge in [-0.3, -0.25) is 10.2 Å². The Bertz CT molecular complexity index is 1650. The van der Waals surface area contributed by atoms with Gasteiger partial charge in [-0.05, 0) is 42.3 Å². The number of pyridine rings is 1. The molecule has 2 aromatic carbocycles. The molecule has 8 nitrogen and oxygen atoms in total. The highest BCUT2D eigenvalue weighted by molar-refractivity contribution is 5.93. The first-order valence-electron chi connectivity index (χ1n) is 12.3. The fourth-order valence-corrected chi connectivity index (χ4v) is 4.84. The Morgan fingerprint density at radius 1 is 1.05 bits per heavy atom. The van der Waals surface area contributed by atoms with Crippen LogP contribution in [0.2, 0.25) is 0 Å². The molecule has 0 spiro atoms. The monoisotopic (exact) mass is 508 g/mol. The first-order chi connectivity index (χ1) is 18.5. The van der Waals surface area contributed by atoms with Crippen LogP contribution in [0.3, 0.4) is 0 Å². The molecule has 0 saturated carbocycles. The summed E-state index contributed by atoms with van der Waals surface area (Å²) >= 11 is 0. The summed E-state index contributed by atoms with van der Waals surface area (Å²) < 4.78 is 22.0. The normalized spacial score (nSPS) is 15.3. The largest absolute Gasteiger partial charge is 0.468 e. The maximum atomic E-state index is 15.0. The fraction of sp³-hybridized carbons (Fsp3) is 0.172. The van der Waals surface area contributed by atoms with Crippen molar-refractivity contribution >= 4 is 22.8 Å². The second kappa shape index (κ2) is 9.68. The zero-order valence-electron chi connectivity index (χ0n) is 20.9. The zero-order valence-corrected chi connectivity index (χ0v) is 20.9. The summed E-state index contributed by atoms with van der Waals surface area (Å²) in [6.07, 6.45) is 5.22. The predicted molar refractivity (Wildman–Crippen MR) is 142 cm³/mol. The number of hydrogen-bond acceptors (Lipinski definition) is 7. The summed E-state index contributed by atoms with van der Waals surface area (Å²) in [5, 5.41) is 2.51. The molecule has 0 bridgehead atoms. The number of carbonyl (C=O) groups is 1. The smallest absolute Gasteiger partial charge is 0.325 e. The van der Waals surface area contributed by atoms with Crippen molar-refractivity contribution in [3.05, 3.63) is 102 Å². The van der Waals surface area contributed by atoms with Crippen molar-refractivity contribution in [3.8, 4) is 17.1 Å². The molecule has 1 unspecified atom stereocenters. The molecule has 38 heavy (non-hydrogen) atoms. The summed E-state index contributed by atoms with van der Waals surface area (Å²) in [4.78, 5) is 26.0. The third kappa shape index (κ3) is 4.26. The van der Waals surface area contributed by atoms with Crippen LogP contribution in [0.5, 0.6) is 0 Å². The van der Waals surface area contributed by atoms with E-state index in [1.54, 1.807) is 11.2 Å². The summed E-state index contributed by atoms with van der Waals surface area (Å²) in [5.74, 6) is -0.723. The van der Waals surface area contributed by atoms with E-state index in [1.807, 2.05) is 78.4 Å². The minimum absolute atomic E-state index is 0.0246. The fourth-order valence-electron chi connectivity index (χ4n) is 4.84. The molecule has 4 heterocycles. The van der Waals surface area contributed by atoms with Crippen LogP contribution < -0.4 is 5.43 Å². The van der Waals surface area contributed by atoms with Crippen LogP contribution in [0.15, 0.2) is 79.3 Å². The lowest BCUT2D eigenvalue weighted by Crippen LogP contribution is -2.49. The van der Waals surface area contributed by atoms with Crippen LogP contribution in [0, 0.1) is 12.7 Å². The topological polar surface area (TPSA) is 85.2 Å². The van der Waals surface area contributed by atoms with Gasteiger partial charge in [0.2, 0.25) is 0 Å². The van der Waals surface area contributed by atoms with Gasteiger partial charge in [0.15, 0.2) is 17.5 Å². The summed E-state index contributed by atoms with van der Waals surface area (Å²) in [5.41, 5.74) is 8.70. The number of anilines is 1. The lowest BCUT2D eigenvalue weighted by atomic mass is 9.95. The van der Waals surface area contributed by atoms with Crippen LogP contribution >= 0.6 is 0 Å². The number of hydrazine groups is 1. The number of fused-ring (bicyclic) bond motifs is 2. The SMILES string of the molecule is COC(=O)C1Cc2ccccc2CN1Nc1nc(-c2cn(-c3ccc(C)cc3)c3ncccc23)ncc1F. The number of halogens is 1. The van der Waals surface area contributed by atoms with Gasteiger partial charge in [-0.2, -0.15) is 0 Å². The molecule has 1 aliphatic heterocycles. The standard InChI is InChI=1S/C29H25FN6O2/c1-18-9-11-21(12-10-18)35-17-23(22-8-5-13-31-28(22)35)26-32-15-24(30)27(33-26)34-36-16-20-7-4-3-6-19(20)14-25(36)29(37)38-2/h3-13,15,17,25H,14,16H2,1-2H3,(H,32,33,34). The Morgan fingerprint density at radius 3 is 2.63 bits per heavy atom. The van der Waals surface area contributed by atoms with E-state index >= 15 is 4.39 Å². The van der Waals surface area contributed by atoms with Gasteiger partial charge in [-0.1, -0.05) is 42.0 Å². The number of carbonyl (C=O) groups excluding carboxylic acids is 1. The zero-order chi connectivity index (χ0) is 26.2. The number of benzene rings is 2. The number of esters is 1. The first-order valence-corrected chi connectivity index (χ1v) is 12.3. The second-order valence-electron chi connectivity index (χ2n) is 9.26. The summed E-state index contributed by atoms with van der Waals surface area (Å²) in [6.45, 7) is 2.42. The van der Waals surface area contributed by atoms with E-state index in [9.17, 15) is 4.79 Å². The van der Waals surface area contributed by atoms with Crippen LogP contribution in [-0.2, 0) is 22.5 Å². The molecule has 1 N–H and O–H groups in total. The molecule has 5 aromatic rings. The second-order valence-corrected chi connectivity index (χ2v) is 9.26. The molecule has 1 atom stereocenters. The Labute approximate surface area is 218 Å². The van der Waals surface area contributed by atoms with Gasteiger partial charge in [0, 0.05) is 42.0 Å². The third-order valence-electron chi connectivity index (χ3n) is 6.83. The van der Waals surface area contributed by atoms with Gasteiger partial charge in [-0.15, -0.1) is 0 Å². The van der Waals surface area contributed by atoms with Crippen molar-refractivity contribution in [2.24, 2.45) is 0 Å². The number of ether oxygens (including phenoxy) is 1. The quantitative estimate of drug-likeness (QED) is 0.340. The molecule has 0 fully saturated rings. The van der Waals surface area contributed by atoms with E-state index in [1.165, 1.54) is 7.11 Å². The number of aromatic nitrogens is 4. The first kappa shape index (κ1) is 23.7. The molecule has 0 aliphatic carbocycles. The number of methoxy groups -OCH3 is 1. The summed E-state index contributed by atoms with van der Waals surface area (Å²) in [6, 6.07) is 19.1. The molecule has 3 aromatic heterocycles. The van der Waals surface area contributed by atoms with Crippen LogP contribution in [0.4, 0.5) is 10.2 Å². The highest BCUT2D eigenvalue weighted by atomic mass is 19.1. The molecule has 0 radical (unpaired) electrons. The van der Waals surface area contributed by atoms with E-state index in [2.05, 4.69) is 20.4 Å². The minimum Gasteiger partial charge on any atom is -0.468 e. The highest BCUT2D eigenvalue weighted by Crippen LogP contribution is 2.31. The van der Waals surface area contributed by atoms with E-state index in [0.717, 1.165) is 39.6 Å². The van der Waals surface area contributed by atoms with Crippen molar-refractivity contribution in [3.63, 3.8) is 0 Å². The Balaban J connectivity index is 1.39. The van der Waals surface area contributed by atoms with E-state index in [0.29, 0.717) is 24.4 Å². The molecule has 6 rings (SSSR count). The number of nitrogens with one attached hydrogen (secondary N) is 1. The minimum atomic E-state index is -0.639. The number of aryl methyl sites for hydroxylation is 1. The van der Waals surface area contributed by atoms with Gasteiger partial charge in [0.05, 0.1) is 13.3 Å². The predicted octanol–water partition coefficient (Wildman–Crippen LogP) is 4.86. The Hall–Kier alpha value is -4.63. The van der Waals surface area contributed by atoms with E-state index < -0.39 is 17.8 Å². The molecule has 9 heteroatoms. The molecular formula is C29H25FN6O2. The molecule has 1 aliphatic rings. The van der Waals surface area contributed by atoms with Crippen molar-refractivity contribution in [2.45, 2.75) is 25.9 Å².